The minimum atomic E-state index is -0.442. The molecule has 1 spiro atoms. The van der Waals surface area contributed by atoms with Gasteiger partial charge in [0.2, 0.25) is 5.95 Å². The van der Waals surface area contributed by atoms with E-state index in [0.29, 0.717) is 17.3 Å². The Bertz CT molecular complexity index is 1040. The first kappa shape index (κ1) is 17.8. The summed E-state index contributed by atoms with van der Waals surface area (Å²) in [6, 6.07) is 9.29. The predicted molar refractivity (Wildman–Crippen MR) is 106 cm³/mol. The van der Waals surface area contributed by atoms with Crippen LogP contribution in [0.15, 0.2) is 41.6 Å². The van der Waals surface area contributed by atoms with Crippen molar-refractivity contribution in [1.82, 2.24) is 25.2 Å². The molecule has 3 saturated heterocycles. The second-order valence-corrected chi connectivity index (χ2v) is 8.39. The highest BCUT2D eigenvalue weighted by Gasteiger charge is 2.54. The lowest BCUT2D eigenvalue weighted by molar-refractivity contribution is -0.115. The van der Waals surface area contributed by atoms with E-state index in [-0.39, 0.29) is 16.2 Å². The van der Waals surface area contributed by atoms with Gasteiger partial charge in [0, 0.05) is 43.2 Å². The van der Waals surface area contributed by atoms with Gasteiger partial charge in [0.05, 0.1) is 4.91 Å². The maximum Gasteiger partial charge on any atom is 0.290 e. The number of rotatable bonds is 3. The Labute approximate surface area is 170 Å². The maximum absolute atomic E-state index is 12.5. The van der Waals surface area contributed by atoms with Crippen molar-refractivity contribution < 1.29 is 14.4 Å². The van der Waals surface area contributed by atoms with Crippen molar-refractivity contribution in [2.75, 3.05) is 31.1 Å². The van der Waals surface area contributed by atoms with E-state index in [1.807, 2.05) is 40.1 Å². The summed E-state index contributed by atoms with van der Waals surface area (Å²) in [6.07, 6.45) is 2.88. The number of anilines is 1. The molecular weight excluding hydrogens is 392 g/mol. The van der Waals surface area contributed by atoms with Gasteiger partial charge in [0.1, 0.15) is 6.33 Å². The SMILES string of the molecule is O=C1NC(=O)/C(=C/c2ncnc(N3CC4(CN(C(=O)c5ccccc5)C4)C3)n2)S1. The number of nitrogens with one attached hydrogen (secondary N) is 1. The molecule has 0 saturated carbocycles. The average molecular weight is 408 g/mol. The van der Waals surface area contributed by atoms with Crippen LogP contribution < -0.4 is 10.2 Å². The number of hydrogen-bond acceptors (Lipinski definition) is 8. The average Bonchev–Trinajstić information content (AvgIpc) is 2.97. The lowest BCUT2D eigenvalue weighted by Gasteiger charge is -2.60. The highest BCUT2D eigenvalue weighted by atomic mass is 32.2. The number of hydrogen-bond donors (Lipinski definition) is 1. The Balaban J connectivity index is 1.21. The van der Waals surface area contributed by atoms with Crippen LogP contribution in [-0.4, -0.2) is 63.1 Å². The zero-order chi connectivity index (χ0) is 20.0. The van der Waals surface area contributed by atoms with Crippen molar-refractivity contribution in [2.24, 2.45) is 5.41 Å². The van der Waals surface area contributed by atoms with Crippen LogP contribution in [0.25, 0.3) is 6.08 Å². The predicted octanol–water partition coefficient (Wildman–Crippen LogP) is 1.16. The molecule has 3 aliphatic heterocycles. The molecule has 3 fully saturated rings. The number of aromatic nitrogens is 3. The third-order valence-corrected chi connectivity index (χ3v) is 5.99. The standard InChI is InChI=1S/C19H16N6O3S/c26-15-13(29-18(28)23-15)6-14-20-11-21-17(22-14)25-9-19(10-25)7-24(8-19)16(27)12-4-2-1-3-5-12/h1-6,11H,7-10H2,(H,23,26,28)/b13-6-. The van der Waals surface area contributed by atoms with Crippen molar-refractivity contribution in [3.05, 3.63) is 53.0 Å². The number of carbonyl (C=O) groups excluding carboxylic acids is 3. The number of likely N-dealkylation sites (tertiary alicyclic amines) is 1. The highest BCUT2D eigenvalue weighted by molar-refractivity contribution is 8.18. The third-order valence-electron chi connectivity index (χ3n) is 5.18. The summed E-state index contributed by atoms with van der Waals surface area (Å²) in [4.78, 5) is 52.2. The molecule has 29 heavy (non-hydrogen) atoms. The van der Waals surface area contributed by atoms with Gasteiger partial charge in [0.25, 0.3) is 17.1 Å². The van der Waals surface area contributed by atoms with Gasteiger partial charge < -0.3 is 9.80 Å². The smallest absolute Gasteiger partial charge is 0.290 e. The van der Waals surface area contributed by atoms with Gasteiger partial charge in [-0.1, -0.05) is 18.2 Å². The van der Waals surface area contributed by atoms with Gasteiger partial charge >= 0.3 is 0 Å². The number of nitrogens with zero attached hydrogens (tertiary/aromatic N) is 5. The molecular formula is C19H16N6O3S. The summed E-state index contributed by atoms with van der Waals surface area (Å²) in [5.74, 6) is 0.478. The molecule has 0 bridgehead atoms. The van der Waals surface area contributed by atoms with Crippen molar-refractivity contribution in [2.45, 2.75) is 0 Å². The molecule has 9 nitrogen and oxygen atoms in total. The highest BCUT2D eigenvalue weighted by Crippen LogP contribution is 2.41. The summed E-state index contributed by atoms with van der Waals surface area (Å²) in [6.45, 7) is 2.97. The second kappa shape index (κ2) is 6.66. The van der Waals surface area contributed by atoms with Crippen molar-refractivity contribution in [3.63, 3.8) is 0 Å². The summed E-state index contributed by atoms with van der Waals surface area (Å²) in [5.41, 5.74) is 0.796. The minimum absolute atomic E-state index is 0.0608. The molecule has 0 radical (unpaired) electrons. The third kappa shape index (κ3) is 3.25. The molecule has 0 atom stereocenters. The number of thioether (sulfide) groups is 1. The van der Waals surface area contributed by atoms with Gasteiger partial charge in [-0.05, 0) is 23.9 Å². The van der Waals surface area contributed by atoms with Crippen molar-refractivity contribution in [3.8, 4) is 0 Å². The lowest BCUT2D eigenvalue weighted by atomic mass is 9.73. The fraction of sp³-hybridized carbons (Fsp3) is 0.263. The van der Waals surface area contributed by atoms with Crippen LogP contribution in [0, 0.1) is 5.41 Å². The van der Waals surface area contributed by atoms with E-state index in [0.717, 1.165) is 37.9 Å². The first-order valence-corrected chi connectivity index (χ1v) is 9.86. The van der Waals surface area contributed by atoms with Crippen LogP contribution >= 0.6 is 11.8 Å². The van der Waals surface area contributed by atoms with Gasteiger partial charge in [-0.2, -0.15) is 4.98 Å². The van der Waals surface area contributed by atoms with Crippen LogP contribution in [0.5, 0.6) is 0 Å². The Morgan fingerprint density at radius 1 is 1.10 bits per heavy atom. The molecule has 1 aromatic heterocycles. The van der Waals surface area contributed by atoms with Crippen LogP contribution in [0.1, 0.15) is 16.2 Å². The van der Waals surface area contributed by atoms with E-state index < -0.39 is 11.1 Å². The van der Waals surface area contributed by atoms with E-state index in [9.17, 15) is 14.4 Å². The molecule has 0 aliphatic carbocycles. The van der Waals surface area contributed by atoms with E-state index >= 15 is 0 Å². The molecule has 3 amide bonds. The molecule has 0 unspecified atom stereocenters. The van der Waals surface area contributed by atoms with Crippen molar-refractivity contribution in [1.29, 1.82) is 0 Å². The first-order chi connectivity index (χ1) is 14.0. The number of imide groups is 1. The van der Waals surface area contributed by atoms with E-state index in [4.69, 9.17) is 0 Å². The van der Waals surface area contributed by atoms with E-state index in [2.05, 4.69) is 20.3 Å². The maximum atomic E-state index is 12.5. The monoisotopic (exact) mass is 408 g/mol. The molecule has 5 rings (SSSR count). The van der Waals surface area contributed by atoms with Gasteiger partial charge in [-0.25, -0.2) is 9.97 Å². The molecule has 10 heteroatoms. The van der Waals surface area contributed by atoms with Crippen LogP contribution in [0.4, 0.5) is 10.7 Å². The summed E-state index contributed by atoms with van der Waals surface area (Å²) < 4.78 is 0. The molecule has 3 aliphatic rings. The largest absolute Gasteiger partial charge is 0.339 e. The van der Waals surface area contributed by atoms with Gasteiger partial charge in [-0.15, -0.1) is 0 Å². The van der Waals surface area contributed by atoms with E-state index in [1.165, 1.54) is 12.4 Å². The normalized spacial score (nSPS) is 21.2. The minimum Gasteiger partial charge on any atom is -0.339 e. The Hall–Kier alpha value is -3.27. The van der Waals surface area contributed by atoms with Crippen LogP contribution in [-0.2, 0) is 4.79 Å². The Morgan fingerprint density at radius 3 is 2.55 bits per heavy atom. The Kier molecular flexibility index (Phi) is 4.09. The van der Waals surface area contributed by atoms with Crippen molar-refractivity contribution >= 4 is 40.8 Å². The zero-order valence-corrected chi connectivity index (χ0v) is 16.1. The lowest BCUT2D eigenvalue weighted by Crippen LogP contribution is -2.73. The molecule has 2 aromatic rings. The quantitative estimate of drug-likeness (QED) is 0.754. The fourth-order valence-corrected chi connectivity index (χ4v) is 4.49. The number of carbonyl (C=O) groups is 3. The number of benzene rings is 1. The summed E-state index contributed by atoms with van der Waals surface area (Å²) in [5, 5.41) is 1.80. The molecule has 4 heterocycles. The second-order valence-electron chi connectivity index (χ2n) is 7.38. The topological polar surface area (TPSA) is 108 Å². The van der Waals surface area contributed by atoms with E-state index in [1.54, 1.807) is 0 Å². The van der Waals surface area contributed by atoms with Gasteiger partial charge in [0.15, 0.2) is 5.82 Å². The van der Waals surface area contributed by atoms with Crippen LogP contribution in [0.2, 0.25) is 0 Å². The molecule has 146 valence electrons. The first-order valence-electron chi connectivity index (χ1n) is 9.05. The van der Waals surface area contributed by atoms with Gasteiger partial charge in [-0.3, -0.25) is 19.7 Å². The van der Waals surface area contributed by atoms with Crippen LogP contribution in [0.3, 0.4) is 0 Å². The molecule has 1 N–H and O–H groups in total. The Morgan fingerprint density at radius 2 is 1.86 bits per heavy atom. The fourth-order valence-electron chi connectivity index (χ4n) is 3.84. The summed E-state index contributed by atoms with van der Waals surface area (Å²) >= 11 is 0.826. The zero-order valence-electron chi connectivity index (χ0n) is 15.2. The molecule has 1 aromatic carbocycles. The summed E-state index contributed by atoms with van der Waals surface area (Å²) in [7, 11) is 0. The number of amides is 3.